The van der Waals surface area contributed by atoms with Gasteiger partial charge < -0.3 is 14.2 Å². The predicted molar refractivity (Wildman–Crippen MR) is 60.6 cm³/mol. The zero-order valence-electron chi connectivity index (χ0n) is 9.89. The quantitative estimate of drug-likeness (QED) is 0.862. The molecule has 1 fully saturated rings. The number of carbonyl (C=O) groups is 1. The van der Waals surface area contributed by atoms with Crippen molar-refractivity contribution in [1.29, 1.82) is 0 Å². The number of carbonyl (C=O) groups excluding carboxylic acids is 1. The van der Waals surface area contributed by atoms with E-state index < -0.39 is 12.5 Å². The van der Waals surface area contributed by atoms with Gasteiger partial charge in [-0.2, -0.15) is 5.43 Å². The Bertz CT molecular complexity index is 435. The van der Waals surface area contributed by atoms with Crippen LogP contribution in [0.2, 0.25) is 0 Å². The van der Waals surface area contributed by atoms with Crippen molar-refractivity contribution in [2.75, 3.05) is 19.2 Å². The third-order valence-electron chi connectivity index (χ3n) is 2.42. The molecule has 0 saturated carbocycles. The maximum atomic E-state index is 11.6. The summed E-state index contributed by atoms with van der Waals surface area (Å²) in [5.41, 5.74) is 4.39. The molecular formula is C11H14N2O4. The maximum absolute atomic E-state index is 11.6. The molecule has 1 amide bonds. The fraction of sp³-hybridized carbons (Fsp3) is 0.364. The van der Waals surface area contributed by atoms with Crippen LogP contribution in [0.5, 0.6) is 5.75 Å². The molecule has 2 rings (SSSR count). The van der Waals surface area contributed by atoms with Crippen LogP contribution in [0.1, 0.15) is 5.56 Å². The van der Waals surface area contributed by atoms with Crippen LogP contribution in [0.3, 0.4) is 0 Å². The summed E-state index contributed by atoms with van der Waals surface area (Å²) in [5, 5.41) is 1.26. The molecule has 0 aliphatic carbocycles. The molecule has 1 unspecified atom stereocenters. The van der Waals surface area contributed by atoms with Crippen molar-refractivity contribution < 1.29 is 19.0 Å². The minimum atomic E-state index is -0.770. The normalized spacial score (nSPS) is 19.4. The molecule has 1 aliphatic rings. The SMILES string of the molecule is COc1cc(C)ccc1N1NC(OC)OC1=O. The number of benzene rings is 1. The first-order valence-corrected chi connectivity index (χ1v) is 5.10. The Labute approximate surface area is 99.0 Å². The van der Waals surface area contributed by atoms with Crippen molar-refractivity contribution in [3.05, 3.63) is 23.8 Å². The van der Waals surface area contributed by atoms with Gasteiger partial charge in [0.1, 0.15) is 11.4 Å². The molecule has 1 saturated heterocycles. The van der Waals surface area contributed by atoms with Gasteiger partial charge >= 0.3 is 6.09 Å². The monoisotopic (exact) mass is 238 g/mol. The minimum absolute atomic E-state index is 0.529. The summed E-state index contributed by atoms with van der Waals surface area (Å²) in [7, 11) is 2.99. The largest absolute Gasteiger partial charge is 0.494 e. The number of nitrogens with zero attached hydrogens (tertiary/aromatic N) is 1. The van der Waals surface area contributed by atoms with Crippen LogP contribution in [-0.2, 0) is 9.47 Å². The first-order chi connectivity index (χ1) is 8.15. The molecule has 1 aromatic rings. The zero-order valence-corrected chi connectivity index (χ0v) is 9.89. The summed E-state index contributed by atoms with van der Waals surface area (Å²) >= 11 is 0. The lowest BCUT2D eigenvalue weighted by Crippen LogP contribution is -2.38. The van der Waals surface area contributed by atoms with Crippen molar-refractivity contribution in [2.45, 2.75) is 13.3 Å². The molecular weight excluding hydrogens is 224 g/mol. The Kier molecular flexibility index (Phi) is 3.16. The highest BCUT2D eigenvalue weighted by Crippen LogP contribution is 2.30. The number of hydrazine groups is 1. The van der Waals surface area contributed by atoms with Gasteiger partial charge in [0.05, 0.1) is 7.11 Å². The molecule has 0 radical (unpaired) electrons. The number of ether oxygens (including phenoxy) is 3. The first kappa shape index (κ1) is 11.7. The van der Waals surface area contributed by atoms with E-state index in [-0.39, 0.29) is 0 Å². The Morgan fingerprint density at radius 2 is 2.18 bits per heavy atom. The van der Waals surface area contributed by atoms with E-state index in [1.165, 1.54) is 12.1 Å². The second-order valence-corrected chi connectivity index (χ2v) is 3.59. The summed E-state index contributed by atoms with van der Waals surface area (Å²) in [6, 6.07) is 5.50. The van der Waals surface area contributed by atoms with Gasteiger partial charge in [0.15, 0.2) is 0 Å². The molecule has 1 heterocycles. The highest BCUT2D eigenvalue weighted by molar-refractivity contribution is 5.90. The smallest absolute Gasteiger partial charge is 0.432 e. The molecule has 6 nitrogen and oxygen atoms in total. The first-order valence-electron chi connectivity index (χ1n) is 5.10. The van der Waals surface area contributed by atoms with Crippen molar-refractivity contribution in [2.24, 2.45) is 0 Å². The van der Waals surface area contributed by atoms with Gasteiger partial charge in [-0.25, -0.2) is 9.80 Å². The van der Waals surface area contributed by atoms with Gasteiger partial charge in [-0.3, -0.25) is 0 Å². The number of aryl methyl sites for hydroxylation is 1. The lowest BCUT2D eigenvalue weighted by Gasteiger charge is -2.16. The summed E-state index contributed by atoms with van der Waals surface area (Å²) in [4.78, 5) is 11.6. The summed E-state index contributed by atoms with van der Waals surface area (Å²) < 4.78 is 15.0. The Hall–Kier alpha value is -1.79. The Morgan fingerprint density at radius 1 is 1.41 bits per heavy atom. The van der Waals surface area contributed by atoms with Crippen LogP contribution in [0.4, 0.5) is 10.5 Å². The van der Waals surface area contributed by atoms with E-state index in [1.54, 1.807) is 13.2 Å². The lowest BCUT2D eigenvalue weighted by molar-refractivity contribution is -0.0722. The molecule has 0 bridgehead atoms. The Morgan fingerprint density at radius 3 is 2.76 bits per heavy atom. The molecule has 1 N–H and O–H groups in total. The molecule has 1 aliphatic heterocycles. The molecule has 17 heavy (non-hydrogen) atoms. The van der Waals surface area contributed by atoms with Crippen molar-refractivity contribution in [1.82, 2.24) is 5.43 Å². The fourth-order valence-electron chi connectivity index (χ4n) is 1.57. The van der Waals surface area contributed by atoms with E-state index >= 15 is 0 Å². The second-order valence-electron chi connectivity index (χ2n) is 3.59. The molecule has 0 spiro atoms. The average molecular weight is 238 g/mol. The number of rotatable bonds is 3. The lowest BCUT2D eigenvalue weighted by atomic mass is 10.2. The van der Waals surface area contributed by atoms with E-state index in [0.717, 1.165) is 5.56 Å². The highest BCUT2D eigenvalue weighted by atomic mass is 16.7. The van der Waals surface area contributed by atoms with E-state index in [0.29, 0.717) is 11.4 Å². The predicted octanol–water partition coefficient (Wildman–Crippen LogP) is 1.39. The number of amides is 1. The van der Waals surface area contributed by atoms with Crippen LogP contribution < -0.4 is 15.2 Å². The highest BCUT2D eigenvalue weighted by Gasteiger charge is 2.33. The minimum Gasteiger partial charge on any atom is -0.494 e. The average Bonchev–Trinajstić information content (AvgIpc) is 2.70. The van der Waals surface area contributed by atoms with Gasteiger partial charge in [0.2, 0.25) is 0 Å². The number of methoxy groups -OCH3 is 2. The van der Waals surface area contributed by atoms with Gasteiger partial charge in [-0.05, 0) is 24.6 Å². The number of hydrogen-bond donors (Lipinski definition) is 1. The van der Waals surface area contributed by atoms with Crippen molar-refractivity contribution in [3.8, 4) is 5.75 Å². The van der Waals surface area contributed by atoms with Crippen LogP contribution in [0.15, 0.2) is 18.2 Å². The molecule has 0 aromatic heterocycles. The third kappa shape index (κ3) is 2.17. The van der Waals surface area contributed by atoms with Crippen molar-refractivity contribution >= 4 is 11.8 Å². The number of hydrogen-bond acceptors (Lipinski definition) is 5. The van der Waals surface area contributed by atoms with Crippen LogP contribution in [-0.4, -0.2) is 26.7 Å². The van der Waals surface area contributed by atoms with Crippen LogP contribution in [0.25, 0.3) is 0 Å². The Balaban J connectivity index is 2.31. The van der Waals surface area contributed by atoms with E-state index in [2.05, 4.69) is 5.43 Å². The van der Waals surface area contributed by atoms with Crippen molar-refractivity contribution in [3.63, 3.8) is 0 Å². The third-order valence-corrected chi connectivity index (χ3v) is 2.42. The fourth-order valence-corrected chi connectivity index (χ4v) is 1.57. The number of anilines is 1. The summed E-state index contributed by atoms with van der Waals surface area (Å²) in [6.45, 7) is 1.94. The topological polar surface area (TPSA) is 60.0 Å². The standard InChI is InChI=1S/C11H14N2O4/c1-7-4-5-8(9(6-7)15-2)13-11(14)17-10(12-13)16-3/h4-6,10,12H,1-3H3. The van der Waals surface area contributed by atoms with Gasteiger partial charge in [0, 0.05) is 7.11 Å². The van der Waals surface area contributed by atoms with Gasteiger partial charge in [-0.1, -0.05) is 6.07 Å². The molecule has 1 aromatic carbocycles. The second kappa shape index (κ2) is 4.60. The zero-order chi connectivity index (χ0) is 12.4. The summed E-state index contributed by atoms with van der Waals surface area (Å²) in [5.74, 6) is 0.589. The number of nitrogens with one attached hydrogen (secondary N) is 1. The summed E-state index contributed by atoms with van der Waals surface area (Å²) in [6.07, 6.45) is -1.30. The van der Waals surface area contributed by atoms with Crippen LogP contribution in [0, 0.1) is 6.92 Å². The van der Waals surface area contributed by atoms with E-state index in [1.807, 2.05) is 19.1 Å². The number of cyclic esters (lactones) is 1. The van der Waals surface area contributed by atoms with Gasteiger partial charge in [0.25, 0.3) is 6.41 Å². The maximum Gasteiger partial charge on any atom is 0.432 e. The molecule has 92 valence electrons. The van der Waals surface area contributed by atoms with Gasteiger partial charge in [-0.15, -0.1) is 0 Å². The molecule has 1 atom stereocenters. The van der Waals surface area contributed by atoms with Crippen LogP contribution >= 0.6 is 0 Å². The molecule has 6 heteroatoms. The van der Waals surface area contributed by atoms with E-state index in [4.69, 9.17) is 14.2 Å². The van der Waals surface area contributed by atoms with E-state index in [9.17, 15) is 4.79 Å².